The Morgan fingerprint density at radius 1 is 0.647 bits per heavy atom. The van der Waals surface area contributed by atoms with E-state index in [1.807, 2.05) is 34.6 Å². The fourth-order valence-corrected chi connectivity index (χ4v) is 5.95. The predicted octanol–water partition coefficient (Wildman–Crippen LogP) is 2.38. The number of esters is 1. The summed E-state index contributed by atoms with van der Waals surface area (Å²) in [6.07, 6.45) is 5.93. The molecule has 1 aliphatic rings. The van der Waals surface area contributed by atoms with E-state index in [-0.39, 0.29) is 37.0 Å². The van der Waals surface area contributed by atoms with Crippen LogP contribution in [0.25, 0.3) is 0 Å². The smallest absolute Gasteiger partial charge is 0.329 e. The summed E-state index contributed by atoms with van der Waals surface area (Å²) in [5.41, 5.74) is 0. The second-order valence-corrected chi connectivity index (χ2v) is 15.0. The largest absolute Gasteiger partial charge is 0.460 e. The molecular weight excluding hydrogens is 658 g/mol. The number of aliphatic hydroxyl groups is 2. The van der Waals surface area contributed by atoms with Crippen LogP contribution >= 0.6 is 0 Å². The molecule has 0 aromatic carbocycles. The van der Waals surface area contributed by atoms with Gasteiger partial charge in [-0.05, 0) is 50.4 Å². The minimum atomic E-state index is -1.55. The number of aliphatic hydroxyl groups excluding tert-OH is 2. The lowest BCUT2D eigenvalue weighted by molar-refractivity contribution is -0.156. The molecule has 0 spiro atoms. The maximum atomic E-state index is 13.8. The summed E-state index contributed by atoms with van der Waals surface area (Å²) in [4.78, 5) is 81.1. The molecule has 1 saturated heterocycles. The van der Waals surface area contributed by atoms with Crippen LogP contribution in [0.4, 0.5) is 0 Å². The van der Waals surface area contributed by atoms with Crippen molar-refractivity contribution in [3.8, 4) is 0 Å². The number of carbonyl (C=O) groups excluding carboxylic acids is 6. The van der Waals surface area contributed by atoms with Crippen molar-refractivity contribution in [3.63, 3.8) is 0 Å². The lowest BCUT2D eigenvalue weighted by atomic mass is 9.97. The fourth-order valence-electron chi connectivity index (χ4n) is 5.95. The van der Waals surface area contributed by atoms with E-state index in [1.54, 1.807) is 6.92 Å². The molecule has 0 radical (unpaired) electrons. The predicted molar refractivity (Wildman–Crippen MR) is 194 cm³/mol. The van der Waals surface area contributed by atoms with E-state index in [1.165, 1.54) is 13.3 Å². The molecule has 1 aliphatic heterocycles. The molecule has 0 saturated carbocycles. The van der Waals surface area contributed by atoms with Crippen LogP contribution in [0.2, 0.25) is 0 Å². The van der Waals surface area contributed by atoms with E-state index >= 15 is 0 Å². The number of nitrogens with one attached hydrogen (secondary N) is 5. The van der Waals surface area contributed by atoms with Gasteiger partial charge in [0.1, 0.15) is 36.3 Å². The Labute approximate surface area is 304 Å². The summed E-state index contributed by atoms with van der Waals surface area (Å²) in [5.74, 6) is -4.93. The second-order valence-electron chi connectivity index (χ2n) is 15.0. The Balaban J connectivity index is 3.59. The van der Waals surface area contributed by atoms with Crippen LogP contribution in [0.5, 0.6) is 0 Å². The van der Waals surface area contributed by atoms with Crippen molar-refractivity contribution in [2.45, 2.75) is 175 Å². The van der Waals surface area contributed by atoms with E-state index in [2.05, 4.69) is 33.5 Å². The van der Waals surface area contributed by atoms with E-state index in [0.717, 1.165) is 32.1 Å². The topological polar surface area (TPSA) is 212 Å². The van der Waals surface area contributed by atoms with Crippen LogP contribution in [0, 0.1) is 17.8 Å². The van der Waals surface area contributed by atoms with Gasteiger partial charge < -0.3 is 41.5 Å². The first-order chi connectivity index (χ1) is 24.0. The van der Waals surface area contributed by atoms with Crippen LogP contribution in [0.15, 0.2) is 0 Å². The van der Waals surface area contributed by atoms with Gasteiger partial charge in [0.25, 0.3) is 0 Å². The van der Waals surface area contributed by atoms with Crippen molar-refractivity contribution in [2.75, 3.05) is 6.61 Å². The average molecular weight is 726 g/mol. The Morgan fingerprint density at radius 2 is 1.14 bits per heavy atom. The Morgan fingerprint density at radius 3 is 1.67 bits per heavy atom. The molecular formula is C37H67N5O9. The molecule has 14 nitrogen and oxygen atoms in total. The maximum Gasteiger partial charge on any atom is 0.329 e. The summed E-state index contributed by atoms with van der Waals surface area (Å²) in [7, 11) is 0. The standard InChI is InChI=1S/C37H67N5O9/c1-9-11-12-13-14-15-16-17-26-20-30(45)38-27(18-22(3)4)33(46)40-29(21-43)35(48)42-32(25(8)44)36(49)39-28(19-23(5)6)34(47)41-31(24(7)10-2)37(50)51-26/h22-29,31-32,43-44H,9-21H2,1-8H3,(H,38,45)(H,39,49)(H,40,46)(H,41,47)(H,42,48)/t24-,25+,26+,27+,28+,29-,31-,32-/m0/s1. The maximum absolute atomic E-state index is 13.8. The molecule has 0 bridgehead atoms. The first kappa shape index (κ1) is 45.8. The second kappa shape index (κ2) is 24.1. The summed E-state index contributed by atoms with van der Waals surface area (Å²) in [6, 6.07) is -6.39. The van der Waals surface area contributed by atoms with Crippen LogP contribution in [0.3, 0.4) is 0 Å². The fraction of sp³-hybridized carbons (Fsp3) is 0.838. The summed E-state index contributed by atoms with van der Waals surface area (Å²) < 4.78 is 5.97. The number of ether oxygens (including phenoxy) is 1. The lowest BCUT2D eigenvalue weighted by Crippen LogP contribution is -2.62. The number of hydrogen-bond acceptors (Lipinski definition) is 9. The van der Waals surface area contributed by atoms with Crippen molar-refractivity contribution in [3.05, 3.63) is 0 Å². The minimum Gasteiger partial charge on any atom is -0.460 e. The molecule has 8 atom stereocenters. The number of carbonyl (C=O) groups is 6. The van der Waals surface area contributed by atoms with Crippen LogP contribution in [0.1, 0.15) is 132 Å². The third-order valence-corrected chi connectivity index (χ3v) is 9.17. The zero-order valence-corrected chi connectivity index (χ0v) is 32.2. The molecule has 1 fully saturated rings. The third kappa shape index (κ3) is 17.2. The van der Waals surface area contributed by atoms with E-state index in [9.17, 15) is 39.0 Å². The molecule has 51 heavy (non-hydrogen) atoms. The van der Waals surface area contributed by atoms with Crippen LogP contribution < -0.4 is 26.6 Å². The summed E-state index contributed by atoms with van der Waals surface area (Å²) in [6.45, 7) is 13.7. The van der Waals surface area contributed by atoms with Crippen molar-refractivity contribution in [2.24, 2.45) is 17.8 Å². The molecule has 1 heterocycles. The molecule has 0 unspecified atom stereocenters. The number of hydrogen-bond donors (Lipinski definition) is 7. The number of rotatable bonds is 16. The van der Waals surface area contributed by atoms with Crippen molar-refractivity contribution in [1.29, 1.82) is 0 Å². The number of unbranched alkanes of at least 4 members (excludes halogenated alkanes) is 6. The van der Waals surface area contributed by atoms with Gasteiger partial charge in [-0.15, -0.1) is 0 Å². The van der Waals surface area contributed by atoms with Crippen molar-refractivity contribution < 1.29 is 43.7 Å². The molecule has 0 aliphatic carbocycles. The van der Waals surface area contributed by atoms with Gasteiger partial charge in [0.15, 0.2) is 0 Å². The molecule has 7 N–H and O–H groups in total. The lowest BCUT2D eigenvalue weighted by Gasteiger charge is -2.29. The minimum absolute atomic E-state index is 0.0487. The average Bonchev–Trinajstić information content (AvgIpc) is 3.05. The molecule has 1 rings (SSSR count). The van der Waals surface area contributed by atoms with E-state index in [0.29, 0.717) is 19.3 Å². The quantitative estimate of drug-likeness (QED) is 0.0918. The monoisotopic (exact) mass is 725 g/mol. The SMILES string of the molecule is CCCCCCCCC[C@@H]1CC(=O)N[C@H](CC(C)C)C(=O)N[C@@H](CO)C(=O)N[C@@H]([C@@H](C)O)C(=O)N[C@H](CC(C)C)C(=O)N[C@@H]([C@@H](C)CC)C(=O)O1. The van der Waals surface area contributed by atoms with E-state index < -0.39 is 84.5 Å². The zero-order valence-electron chi connectivity index (χ0n) is 32.2. The normalized spacial score (nSPS) is 26.1. The molecule has 0 aromatic rings. The first-order valence-electron chi connectivity index (χ1n) is 19.0. The zero-order chi connectivity index (χ0) is 38.7. The highest BCUT2D eigenvalue weighted by atomic mass is 16.5. The van der Waals surface area contributed by atoms with Gasteiger partial charge in [0.05, 0.1) is 19.1 Å². The third-order valence-electron chi connectivity index (χ3n) is 9.17. The Kier molecular flexibility index (Phi) is 21.6. The van der Waals surface area contributed by atoms with Gasteiger partial charge >= 0.3 is 5.97 Å². The van der Waals surface area contributed by atoms with E-state index in [4.69, 9.17) is 4.74 Å². The first-order valence-corrected chi connectivity index (χ1v) is 19.0. The highest BCUT2D eigenvalue weighted by Crippen LogP contribution is 2.18. The highest BCUT2D eigenvalue weighted by molar-refractivity contribution is 5.96. The summed E-state index contributed by atoms with van der Waals surface area (Å²) in [5, 5.41) is 33.4. The van der Waals surface area contributed by atoms with Gasteiger partial charge in [-0.25, -0.2) is 4.79 Å². The van der Waals surface area contributed by atoms with Gasteiger partial charge in [-0.1, -0.05) is 93.4 Å². The van der Waals surface area contributed by atoms with Gasteiger partial charge in [-0.3, -0.25) is 24.0 Å². The Bertz CT molecular complexity index is 1120. The van der Waals surface area contributed by atoms with Gasteiger partial charge in [0.2, 0.25) is 29.5 Å². The van der Waals surface area contributed by atoms with Gasteiger partial charge in [-0.2, -0.15) is 0 Å². The highest BCUT2D eigenvalue weighted by Gasteiger charge is 2.37. The van der Waals surface area contributed by atoms with Crippen LogP contribution in [-0.2, 0) is 33.5 Å². The van der Waals surface area contributed by atoms with Crippen molar-refractivity contribution in [1.82, 2.24) is 26.6 Å². The van der Waals surface area contributed by atoms with Gasteiger partial charge in [0, 0.05) is 0 Å². The number of amides is 5. The van der Waals surface area contributed by atoms with Crippen molar-refractivity contribution >= 4 is 35.5 Å². The molecule has 0 aromatic heterocycles. The van der Waals surface area contributed by atoms with Crippen LogP contribution in [-0.4, -0.2) is 94.7 Å². The molecule has 5 amide bonds. The Hall–Kier alpha value is -3.26. The number of cyclic esters (lactones) is 1. The molecule has 14 heteroatoms. The molecule has 294 valence electrons. The summed E-state index contributed by atoms with van der Waals surface area (Å²) >= 11 is 0.